The van der Waals surface area contributed by atoms with Gasteiger partial charge >= 0.3 is 0 Å². The fourth-order valence-corrected chi connectivity index (χ4v) is 2.19. The summed E-state index contributed by atoms with van der Waals surface area (Å²) >= 11 is 1.39. The van der Waals surface area contributed by atoms with Gasteiger partial charge in [-0.2, -0.15) is 4.37 Å². The van der Waals surface area contributed by atoms with E-state index >= 15 is 0 Å². The van der Waals surface area contributed by atoms with Crippen LogP contribution in [0.2, 0.25) is 0 Å². The molecule has 0 aliphatic carbocycles. The first kappa shape index (κ1) is 12.0. The van der Waals surface area contributed by atoms with E-state index in [0.29, 0.717) is 6.54 Å². The Morgan fingerprint density at radius 3 is 2.94 bits per heavy atom. The number of aromatic nitrogens is 2. The molecule has 0 saturated carbocycles. The summed E-state index contributed by atoms with van der Waals surface area (Å²) in [6.45, 7) is 2.64. The molecular weight excluding hydrogens is 232 g/mol. The average molecular weight is 248 g/mol. The van der Waals surface area contributed by atoms with Crippen LogP contribution in [0, 0.1) is 0 Å². The van der Waals surface area contributed by atoms with E-state index in [4.69, 9.17) is 5.73 Å². The van der Waals surface area contributed by atoms with Gasteiger partial charge in [-0.15, -0.1) is 0 Å². The number of hydrogen-bond donors (Lipinski definition) is 2. The van der Waals surface area contributed by atoms with E-state index in [0.717, 1.165) is 35.0 Å². The Balaban J connectivity index is 2.13. The van der Waals surface area contributed by atoms with Crippen molar-refractivity contribution in [3.63, 3.8) is 0 Å². The summed E-state index contributed by atoms with van der Waals surface area (Å²) in [4.78, 5) is 4.43. The van der Waals surface area contributed by atoms with Crippen LogP contribution in [0.1, 0.15) is 24.7 Å². The fraction of sp³-hybridized carbons (Fsp3) is 0.333. The predicted octanol–water partition coefficient (Wildman–Crippen LogP) is 2.69. The van der Waals surface area contributed by atoms with Crippen LogP contribution < -0.4 is 11.1 Å². The highest BCUT2D eigenvalue weighted by molar-refractivity contribution is 7.09. The topological polar surface area (TPSA) is 63.8 Å². The molecule has 0 atom stereocenters. The molecule has 2 aromatic rings. The number of rotatable bonds is 5. The van der Waals surface area contributed by atoms with Crippen molar-refractivity contribution >= 4 is 22.4 Å². The van der Waals surface area contributed by atoms with Crippen LogP contribution in [0.3, 0.4) is 0 Å². The monoisotopic (exact) mass is 248 g/mol. The van der Waals surface area contributed by atoms with Crippen LogP contribution in [0.5, 0.6) is 0 Å². The zero-order valence-corrected chi connectivity index (χ0v) is 10.6. The summed E-state index contributed by atoms with van der Waals surface area (Å²) < 4.78 is 4.29. The third kappa shape index (κ3) is 3.01. The molecule has 0 fully saturated rings. The minimum Gasteiger partial charge on any atom is -0.330 e. The number of nitrogens with two attached hydrogens (primary N) is 1. The molecule has 0 aliphatic heterocycles. The quantitative estimate of drug-likeness (QED) is 0.854. The SMILES string of the molecule is CCCc1nsc(Nc2ccccc2CN)n1. The van der Waals surface area contributed by atoms with Crippen molar-refractivity contribution in [3.8, 4) is 0 Å². The van der Waals surface area contributed by atoms with Gasteiger partial charge in [0.15, 0.2) is 0 Å². The first-order chi connectivity index (χ1) is 8.33. The second kappa shape index (κ2) is 5.75. The van der Waals surface area contributed by atoms with Gasteiger partial charge in [0, 0.05) is 30.2 Å². The van der Waals surface area contributed by atoms with Crippen LogP contribution >= 0.6 is 11.5 Å². The summed E-state index contributed by atoms with van der Waals surface area (Å²) in [5.74, 6) is 0.908. The normalized spacial score (nSPS) is 10.5. The van der Waals surface area contributed by atoms with Crippen LogP contribution in [-0.2, 0) is 13.0 Å². The summed E-state index contributed by atoms with van der Waals surface area (Å²) in [6.07, 6.45) is 1.99. The van der Waals surface area contributed by atoms with E-state index in [1.54, 1.807) is 0 Å². The van der Waals surface area contributed by atoms with Crippen LogP contribution in [-0.4, -0.2) is 9.36 Å². The summed E-state index contributed by atoms with van der Waals surface area (Å²) in [6, 6.07) is 7.98. The van der Waals surface area contributed by atoms with Gasteiger partial charge in [-0.05, 0) is 18.1 Å². The van der Waals surface area contributed by atoms with Crippen molar-refractivity contribution in [2.75, 3.05) is 5.32 Å². The highest BCUT2D eigenvalue weighted by Gasteiger charge is 2.05. The number of benzene rings is 1. The maximum Gasteiger partial charge on any atom is 0.207 e. The maximum absolute atomic E-state index is 5.68. The lowest BCUT2D eigenvalue weighted by Crippen LogP contribution is -2.01. The molecule has 1 aromatic heterocycles. The number of aryl methyl sites for hydroxylation is 1. The summed E-state index contributed by atoms with van der Waals surface area (Å²) in [5, 5.41) is 4.10. The lowest BCUT2D eigenvalue weighted by molar-refractivity contribution is 0.862. The van der Waals surface area contributed by atoms with Crippen molar-refractivity contribution in [3.05, 3.63) is 35.7 Å². The zero-order valence-electron chi connectivity index (χ0n) is 9.81. The van der Waals surface area contributed by atoms with Crippen molar-refractivity contribution in [2.45, 2.75) is 26.3 Å². The number of nitrogens with one attached hydrogen (secondary N) is 1. The molecule has 90 valence electrons. The van der Waals surface area contributed by atoms with Gasteiger partial charge in [0.2, 0.25) is 5.13 Å². The van der Waals surface area contributed by atoms with E-state index in [1.807, 2.05) is 24.3 Å². The minimum atomic E-state index is 0.518. The molecule has 0 spiro atoms. The molecule has 0 aliphatic rings. The van der Waals surface area contributed by atoms with E-state index in [-0.39, 0.29) is 0 Å². The lowest BCUT2D eigenvalue weighted by Gasteiger charge is -2.07. The van der Waals surface area contributed by atoms with Gasteiger partial charge in [-0.25, -0.2) is 4.98 Å². The first-order valence-electron chi connectivity index (χ1n) is 5.71. The van der Waals surface area contributed by atoms with Crippen molar-refractivity contribution in [1.29, 1.82) is 0 Å². The van der Waals surface area contributed by atoms with Gasteiger partial charge in [0.05, 0.1) is 0 Å². The summed E-state index contributed by atoms with van der Waals surface area (Å²) in [5.41, 5.74) is 7.78. The van der Waals surface area contributed by atoms with E-state index in [2.05, 4.69) is 21.6 Å². The van der Waals surface area contributed by atoms with Crippen LogP contribution in [0.4, 0.5) is 10.8 Å². The Morgan fingerprint density at radius 2 is 2.18 bits per heavy atom. The molecule has 0 amide bonds. The van der Waals surface area contributed by atoms with Gasteiger partial charge < -0.3 is 11.1 Å². The van der Waals surface area contributed by atoms with Crippen LogP contribution in [0.25, 0.3) is 0 Å². The third-order valence-corrected chi connectivity index (χ3v) is 3.09. The van der Waals surface area contributed by atoms with Gasteiger partial charge in [-0.1, -0.05) is 25.1 Å². The Hall–Kier alpha value is -1.46. The van der Waals surface area contributed by atoms with Crippen molar-refractivity contribution < 1.29 is 0 Å². The van der Waals surface area contributed by atoms with Crippen LogP contribution in [0.15, 0.2) is 24.3 Å². The predicted molar refractivity (Wildman–Crippen MR) is 71.5 cm³/mol. The van der Waals surface area contributed by atoms with E-state index < -0.39 is 0 Å². The van der Waals surface area contributed by atoms with Gasteiger partial charge in [-0.3, -0.25) is 0 Å². The molecule has 0 unspecified atom stereocenters. The molecule has 2 rings (SSSR count). The molecule has 1 aromatic carbocycles. The average Bonchev–Trinajstić information content (AvgIpc) is 2.78. The maximum atomic E-state index is 5.68. The third-order valence-electron chi connectivity index (χ3n) is 2.42. The second-order valence-corrected chi connectivity index (χ2v) is 4.50. The fourth-order valence-electron chi connectivity index (χ4n) is 1.57. The Kier molecular flexibility index (Phi) is 4.06. The van der Waals surface area contributed by atoms with Gasteiger partial charge in [0.25, 0.3) is 0 Å². The number of hydrogen-bond acceptors (Lipinski definition) is 5. The zero-order chi connectivity index (χ0) is 12.1. The number of nitrogens with zero attached hydrogens (tertiary/aromatic N) is 2. The van der Waals surface area contributed by atoms with E-state index in [9.17, 15) is 0 Å². The molecule has 3 N–H and O–H groups in total. The highest BCUT2D eigenvalue weighted by atomic mass is 32.1. The van der Waals surface area contributed by atoms with Crippen molar-refractivity contribution in [2.24, 2.45) is 5.73 Å². The molecule has 0 radical (unpaired) electrons. The molecule has 4 nitrogen and oxygen atoms in total. The second-order valence-electron chi connectivity index (χ2n) is 3.75. The molecular formula is C12H16N4S. The molecule has 17 heavy (non-hydrogen) atoms. The Morgan fingerprint density at radius 1 is 1.35 bits per heavy atom. The smallest absolute Gasteiger partial charge is 0.207 e. The number of anilines is 2. The number of para-hydroxylation sites is 1. The lowest BCUT2D eigenvalue weighted by atomic mass is 10.2. The highest BCUT2D eigenvalue weighted by Crippen LogP contribution is 2.22. The van der Waals surface area contributed by atoms with Crippen molar-refractivity contribution in [1.82, 2.24) is 9.36 Å². The Labute approximate surface area is 105 Å². The van der Waals surface area contributed by atoms with Gasteiger partial charge in [0.1, 0.15) is 5.82 Å². The Bertz CT molecular complexity index is 481. The summed E-state index contributed by atoms with van der Waals surface area (Å²) in [7, 11) is 0. The molecule has 0 saturated heterocycles. The largest absolute Gasteiger partial charge is 0.330 e. The molecule has 5 heteroatoms. The molecule has 0 bridgehead atoms. The first-order valence-corrected chi connectivity index (χ1v) is 6.48. The minimum absolute atomic E-state index is 0.518. The van der Waals surface area contributed by atoms with E-state index in [1.165, 1.54) is 11.5 Å². The molecule has 1 heterocycles. The standard InChI is InChI=1S/C12H16N4S/c1-2-5-11-15-12(17-16-11)14-10-7-4-3-6-9(10)8-13/h3-4,6-7H,2,5,8,13H2,1H3,(H,14,15,16).